The maximum absolute atomic E-state index is 13.2. The van der Waals surface area contributed by atoms with E-state index in [1.165, 1.54) is 4.90 Å². The number of rotatable bonds is 22. The number of benzene rings is 2. The number of aliphatic hydroxyl groups is 5. The van der Waals surface area contributed by atoms with Crippen LogP contribution in [0, 0.1) is 0 Å². The van der Waals surface area contributed by atoms with Crippen LogP contribution in [0.25, 0.3) is 11.1 Å². The highest BCUT2D eigenvalue weighted by molar-refractivity contribution is 7.99. The number of carbonyl (C=O) groups excluding carboxylic acids is 2. The highest BCUT2D eigenvalue weighted by atomic mass is 35.5. The van der Waals surface area contributed by atoms with Gasteiger partial charge in [-0.2, -0.15) is 0 Å². The van der Waals surface area contributed by atoms with E-state index in [1.54, 1.807) is 24.9 Å². The number of hydrogen-bond donors (Lipinski definition) is 6. The lowest BCUT2D eigenvalue weighted by Crippen LogP contribution is -2.53. The van der Waals surface area contributed by atoms with E-state index in [1.807, 2.05) is 48.7 Å². The SMILES string of the molecule is CCOC(=O)NCCCN(CCCSc1ccc(Cl)c(COC2(c3cnccc3-c3ccccc3OC3CC3)CC2)c1)C(=O)C(O)C(O)C(O)C(O)CO. The molecule has 2 aliphatic rings. The van der Waals surface area contributed by atoms with Gasteiger partial charge in [-0.1, -0.05) is 29.8 Å². The fraction of sp³-hybridized carbons (Fsp3) is 0.513. The Bertz CT molecular complexity index is 1690. The van der Waals surface area contributed by atoms with Crippen molar-refractivity contribution in [1.82, 2.24) is 15.2 Å². The molecular formula is C39H50ClN3O10S. The molecule has 5 rings (SSSR count). The number of aliphatic hydroxyl groups excluding tert-OH is 5. The zero-order valence-corrected chi connectivity index (χ0v) is 31.9. The Kier molecular flexibility index (Phi) is 15.4. The van der Waals surface area contributed by atoms with E-state index in [0.29, 0.717) is 30.2 Å². The molecule has 13 nitrogen and oxygen atoms in total. The lowest BCUT2D eigenvalue weighted by Gasteiger charge is -2.30. The van der Waals surface area contributed by atoms with Gasteiger partial charge in [-0.3, -0.25) is 9.78 Å². The standard InChI is InChI=1S/C39H50ClN3O10S/c1-2-51-38(50)42-16-5-18-43(37(49)36(48)35(47)34(46)32(45)23-44)19-6-20-54-27-11-12-31(40)25(21-27)24-52-39(14-15-39)30-22-41-17-13-28(30)29-7-3-4-8-33(29)53-26-9-10-26/h3-4,7-8,11-13,17,21-22,26,32,34-36,44-48H,2,5-6,9-10,14-16,18-20,23-24H2,1H3,(H,42,50). The normalized spacial score (nSPS) is 16.9. The number of thioether (sulfide) groups is 1. The minimum absolute atomic E-state index is 0.125. The van der Waals surface area contributed by atoms with E-state index in [2.05, 4.69) is 16.4 Å². The first kappa shape index (κ1) is 41.7. The van der Waals surface area contributed by atoms with Crippen LogP contribution in [0.15, 0.2) is 65.8 Å². The highest BCUT2D eigenvalue weighted by Gasteiger charge is 2.48. The molecule has 2 fully saturated rings. The number of hydrogen-bond acceptors (Lipinski definition) is 12. The molecule has 2 aromatic carbocycles. The summed E-state index contributed by atoms with van der Waals surface area (Å²) in [6, 6.07) is 15.8. The van der Waals surface area contributed by atoms with Crippen molar-refractivity contribution in [3.63, 3.8) is 0 Å². The second-order valence-corrected chi connectivity index (χ2v) is 15.1. The van der Waals surface area contributed by atoms with Crippen molar-refractivity contribution in [2.24, 2.45) is 0 Å². The zero-order valence-electron chi connectivity index (χ0n) is 30.3. The summed E-state index contributed by atoms with van der Waals surface area (Å²) in [5.41, 5.74) is 3.42. The molecule has 3 aromatic rings. The van der Waals surface area contributed by atoms with Gasteiger partial charge in [-0.05, 0) is 92.7 Å². The predicted octanol–water partition coefficient (Wildman–Crippen LogP) is 4.03. The molecule has 0 spiro atoms. The van der Waals surface area contributed by atoms with E-state index >= 15 is 0 Å². The zero-order chi connectivity index (χ0) is 38.7. The molecule has 1 aromatic heterocycles. The summed E-state index contributed by atoms with van der Waals surface area (Å²) in [6.07, 6.45) is 0.256. The lowest BCUT2D eigenvalue weighted by atomic mass is 9.96. The molecule has 294 valence electrons. The number of aromatic nitrogens is 1. The smallest absolute Gasteiger partial charge is 0.407 e. The predicted molar refractivity (Wildman–Crippen MR) is 203 cm³/mol. The van der Waals surface area contributed by atoms with Crippen LogP contribution in [0.3, 0.4) is 0 Å². The number of nitrogens with one attached hydrogen (secondary N) is 1. The first-order valence-corrected chi connectivity index (χ1v) is 19.7. The van der Waals surface area contributed by atoms with E-state index in [-0.39, 0.29) is 32.3 Å². The second kappa shape index (κ2) is 19.9. The average Bonchev–Trinajstić information content (AvgIpc) is 4.14. The number of ether oxygens (including phenoxy) is 3. The summed E-state index contributed by atoms with van der Waals surface area (Å²) in [4.78, 5) is 31.6. The molecule has 6 N–H and O–H groups in total. The number of para-hydroxylation sites is 1. The van der Waals surface area contributed by atoms with Crippen LogP contribution >= 0.6 is 23.4 Å². The summed E-state index contributed by atoms with van der Waals surface area (Å²) in [5.74, 6) is 0.589. The van der Waals surface area contributed by atoms with Crippen molar-refractivity contribution in [3.8, 4) is 16.9 Å². The minimum Gasteiger partial charge on any atom is -0.490 e. The van der Waals surface area contributed by atoms with Gasteiger partial charge in [0.2, 0.25) is 0 Å². The van der Waals surface area contributed by atoms with Gasteiger partial charge in [0.15, 0.2) is 6.10 Å². The quantitative estimate of drug-likeness (QED) is 0.0635. The van der Waals surface area contributed by atoms with Gasteiger partial charge < -0.3 is 50.0 Å². The average molecular weight is 788 g/mol. The van der Waals surface area contributed by atoms with Gasteiger partial charge >= 0.3 is 6.09 Å². The van der Waals surface area contributed by atoms with Gasteiger partial charge in [0.25, 0.3) is 5.91 Å². The minimum atomic E-state index is -2.05. The number of nitrogens with zero attached hydrogens (tertiary/aromatic N) is 2. The van der Waals surface area contributed by atoms with Crippen LogP contribution in [0.4, 0.5) is 4.79 Å². The van der Waals surface area contributed by atoms with Gasteiger partial charge in [0.05, 0.1) is 31.5 Å². The molecular weight excluding hydrogens is 738 g/mol. The number of halogens is 1. The molecule has 4 unspecified atom stereocenters. The third kappa shape index (κ3) is 11.3. The van der Waals surface area contributed by atoms with Crippen molar-refractivity contribution in [2.75, 3.05) is 38.6 Å². The van der Waals surface area contributed by atoms with Crippen molar-refractivity contribution in [3.05, 3.63) is 77.1 Å². The van der Waals surface area contributed by atoms with E-state index in [0.717, 1.165) is 58.6 Å². The molecule has 4 atom stereocenters. The van der Waals surface area contributed by atoms with Crippen molar-refractivity contribution < 1.29 is 49.3 Å². The van der Waals surface area contributed by atoms with Crippen LogP contribution in [0.5, 0.6) is 5.75 Å². The monoisotopic (exact) mass is 787 g/mol. The van der Waals surface area contributed by atoms with E-state index in [4.69, 9.17) is 30.9 Å². The van der Waals surface area contributed by atoms with Crippen LogP contribution in [-0.4, -0.2) is 117 Å². The fourth-order valence-corrected chi connectivity index (χ4v) is 7.07. The molecule has 1 heterocycles. The first-order valence-electron chi connectivity index (χ1n) is 18.3. The highest BCUT2D eigenvalue weighted by Crippen LogP contribution is 2.53. The van der Waals surface area contributed by atoms with Crippen LogP contribution < -0.4 is 10.1 Å². The first-order chi connectivity index (χ1) is 26.1. The molecule has 54 heavy (non-hydrogen) atoms. The Balaban J connectivity index is 1.18. The number of carbonyl (C=O) groups is 2. The Morgan fingerprint density at radius 3 is 2.52 bits per heavy atom. The van der Waals surface area contributed by atoms with E-state index < -0.39 is 48.6 Å². The fourth-order valence-electron chi connectivity index (χ4n) is 6.00. The summed E-state index contributed by atoms with van der Waals surface area (Å²) in [6.45, 7) is 1.84. The summed E-state index contributed by atoms with van der Waals surface area (Å²) in [5, 5.41) is 52.9. The third-order valence-electron chi connectivity index (χ3n) is 9.34. The molecule has 2 aliphatic carbocycles. The molecule has 0 saturated heterocycles. The molecule has 0 aliphatic heterocycles. The summed E-state index contributed by atoms with van der Waals surface area (Å²) < 4.78 is 17.7. The third-order valence-corrected chi connectivity index (χ3v) is 10.8. The molecule has 0 bridgehead atoms. The Morgan fingerprint density at radius 1 is 1.04 bits per heavy atom. The number of amides is 2. The largest absolute Gasteiger partial charge is 0.490 e. The Morgan fingerprint density at radius 2 is 1.80 bits per heavy atom. The van der Waals surface area contributed by atoms with Crippen LogP contribution in [-0.2, 0) is 26.5 Å². The maximum atomic E-state index is 13.2. The topological polar surface area (TPSA) is 191 Å². The summed E-state index contributed by atoms with van der Waals surface area (Å²) in [7, 11) is 0. The molecule has 15 heteroatoms. The second-order valence-electron chi connectivity index (χ2n) is 13.5. The summed E-state index contributed by atoms with van der Waals surface area (Å²) >= 11 is 8.20. The molecule has 2 amide bonds. The lowest BCUT2D eigenvalue weighted by molar-refractivity contribution is -0.158. The van der Waals surface area contributed by atoms with E-state index in [9.17, 15) is 30.0 Å². The maximum Gasteiger partial charge on any atom is 0.407 e. The Hall–Kier alpha value is -3.47. The van der Waals surface area contributed by atoms with Crippen molar-refractivity contribution in [2.45, 2.75) is 93.1 Å². The van der Waals surface area contributed by atoms with Gasteiger partial charge in [0, 0.05) is 53.1 Å². The van der Waals surface area contributed by atoms with Crippen LogP contribution in [0.1, 0.15) is 56.6 Å². The number of pyridine rings is 1. The van der Waals surface area contributed by atoms with Gasteiger partial charge in [-0.25, -0.2) is 4.79 Å². The van der Waals surface area contributed by atoms with Gasteiger partial charge in [0.1, 0.15) is 24.1 Å². The number of alkyl carbamates (subject to hydrolysis) is 1. The van der Waals surface area contributed by atoms with Crippen LogP contribution in [0.2, 0.25) is 5.02 Å². The van der Waals surface area contributed by atoms with Crippen molar-refractivity contribution in [1.29, 1.82) is 0 Å². The molecule has 2 saturated carbocycles. The van der Waals surface area contributed by atoms with Gasteiger partial charge in [-0.15, -0.1) is 11.8 Å². The van der Waals surface area contributed by atoms with Crippen molar-refractivity contribution >= 4 is 35.4 Å². The Labute approximate surface area is 324 Å². The molecule has 0 radical (unpaired) electrons.